The summed E-state index contributed by atoms with van der Waals surface area (Å²) in [5.74, 6) is 0. The predicted molar refractivity (Wildman–Crippen MR) is 119 cm³/mol. The van der Waals surface area contributed by atoms with Gasteiger partial charge in [-0.25, -0.2) is 4.57 Å². The van der Waals surface area contributed by atoms with Crippen molar-refractivity contribution in [1.82, 2.24) is 0 Å². The van der Waals surface area contributed by atoms with Crippen LogP contribution in [-0.2, 0) is 18.5 Å². The van der Waals surface area contributed by atoms with Crippen LogP contribution in [0.5, 0.6) is 0 Å². The van der Waals surface area contributed by atoms with E-state index in [9.17, 15) is 0 Å². The smallest absolute Gasteiger partial charge is 0.205 e. The minimum Gasteiger partial charge on any atom is -0.205 e. The molecule has 0 N–H and O–H groups in total. The highest BCUT2D eigenvalue weighted by molar-refractivity contribution is 5.99. The van der Waals surface area contributed by atoms with Crippen LogP contribution < -0.4 is 9.13 Å². The number of benzene rings is 2. The Balaban J connectivity index is 1.74. The van der Waals surface area contributed by atoms with Crippen LogP contribution in [0.3, 0.4) is 0 Å². The summed E-state index contributed by atoms with van der Waals surface area (Å²) in [7, 11) is 0. The van der Waals surface area contributed by atoms with Crippen molar-refractivity contribution in [3.8, 4) is 22.3 Å². The third-order valence-corrected chi connectivity index (χ3v) is 6.60. The van der Waals surface area contributed by atoms with E-state index in [0.29, 0.717) is 0 Å². The molecule has 0 aliphatic heterocycles. The molecule has 0 atom stereocenters. The number of hydrogen-bond donors (Lipinski definition) is 0. The van der Waals surface area contributed by atoms with Crippen LogP contribution in [0.15, 0.2) is 73.2 Å². The molecule has 144 valence electrons. The van der Waals surface area contributed by atoms with Crippen molar-refractivity contribution >= 4 is 10.9 Å². The van der Waals surface area contributed by atoms with Crippen molar-refractivity contribution in [3.63, 3.8) is 0 Å². The molecule has 0 spiro atoms. The fourth-order valence-electron chi connectivity index (χ4n) is 4.86. The second-order valence-corrected chi connectivity index (χ2v) is 8.52. The van der Waals surface area contributed by atoms with Crippen LogP contribution in [0, 0.1) is 0 Å². The van der Waals surface area contributed by atoms with Crippen molar-refractivity contribution in [3.05, 3.63) is 84.3 Å². The lowest BCUT2D eigenvalue weighted by Crippen LogP contribution is -2.35. The number of para-hydroxylation sites is 1. The van der Waals surface area contributed by atoms with E-state index in [4.69, 9.17) is 0 Å². The number of fused-ring (bicyclic) bond motifs is 5. The number of rotatable bonds is 3. The molecule has 0 radical (unpaired) electrons. The first-order valence-electron chi connectivity index (χ1n) is 10.6. The van der Waals surface area contributed by atoms with E-state index in [0.717, 1.165) is 13.1 Å². The van der Waals surface area contributed by atoms with Gasteiger partial charge in [0.2, 0.25) is 5.52 Å². The zero-order valence-electron chi connectivity index (χ0n) is 17.7. The van der Waals surface area contributed by atoms with Gasteiger partial charge < -0.3 is 0 Å². The molecule has 1 aliphatic carbocycles. The van der Waals surface area contributed by atoms with Gasteiger partial charge >= 0.3 is 0 Å². The van der Waals surface area contributed by atoms with Crippen molar-refractivity contribution in [2.75, 3.05) is 0 Å². The third-order valence-electron chi connectivity index (χ3n) is 6.60. The zero-order chi connectivity index (χ0) is 20.2. The predicted octanol–water partition coefficient (Wildman–Crippen LogP) is 5.43. The third kappa shape index (κ3) is 2.62. The van der Waals surface area contributed by atoms with Crippen molar-refractivity contribution in [2.45, 2.75) is 46.2 Å². The van der Waals surface area contributed by atoms with Crippen LogP contribution in [0.1, 0.15) is 38.8 Å². The maximum Gasteiger partial charge on any atom is 0.213 e. The Morgan fingerprint density at radius 2 is 1.55 bits per heavy atom. The molecular weight excluding hydrogens is 352 g/mol. The molecule has 2 aromatic heterocycles. The summed E-state index contributed by atoms with van der Waals surface area (Å²) in [5, 5.41) is 1.36. The van der Waals surface area contributed by atoms with Crippen molar-refractivity contribution in [2.24, 2.45) is 0 Å². The minimum absolute atomic E-state index is 0.0141. The second kappa shape index (κ2) is 6.52. The summed E-state index contributed by atoms with van der Waals surface area (Å²) in [6.45, 7) is 11.1. The molecule has 0 bridgehead atoms. The van der Waals surface area contributed by atoms with E-state index in [2.05, 4.69) is 110 Å². The first kappa shape index (κ1) is 18.1. The topological polar surface area (TPSA) is 7.76 Å². The maximum atomic E-state index is 2.41. The van der Waals surface area contributed by atoms with Gasteiger partial charge in [0.25, 0.3) is 0 Å². The highest BCUT2D eigenvalue weighted by Gasteiger charge is 2.39. The molecule has 0 saturated carbocycles. The molecule has 2 aromatic carbocycles. The number of nitrogens with zero attached hydrogens (tertiary/aromatic N) is 2. The lowest BCUT2D eigenvalue weighted by Gasteiger charge is -2.21. The van der Waals surface area contributed by atoms with Gasteiger partial charge in [-0.3, -0.25) is 0 Å². The van der Waals surface area contributed by atoms with E-state index in [1.165, 1.54) is 44.3 Å². The van der Waals surface area contributed by atoms with Crippen molar-refractivity contribution < 1.29 is 9.13 Å². The van der Waals surface area contributed by atoms with E-state index in [1.54, 1.807) is 0 Å². The van der Waals surface area contributed by atoms with Crippen molar-refractivity contribution in [1.29, 1.82) is 0 Å². The van der Waals surface area contributed by atoms with Gasteiger partial charge in [0.1, 0.15) is 13.1 Å². The molecule has 2 nitrogen and oxygen atoms in total. The van der Waals surface area contributed by atoms with E-state index < -0.39 is 0 Å². The Labute approximate surface area is 173 Å². The number of aryl methyl sites for hydroxylation is 2. The Kier molecular flexibility index (Phi) is 4.06. The summed E-state index contributed by atoms with van der Waals surface area (Å²) in [4.78, 5) is 0. The molecule has 0 fully saturated rings. The van der Waals surface area contributed by atoms with E-state index in [1.807, 2.05) is 0 Å². The summed E-state index contributed by atoms with van der Waals surface area (Å²) >= 11 is 0. The number of hydrogen-bond acceptors (Lipinski definition) is 0. The Bertz CT molecular complexity index is 1230. The van der Waals surface area contributed by atoms with Crippen LogP contribution >= 0.6 is 0 Å². The number of pyridine rings is 2. The highest BCUT2D eigenvalue weighted by atomic mass is 14.9. The molecule has 4 aromatic rings. The monoisotopic (exact) mass is 380 g/mol. The summed E-state index contributed by atoms with van der Waals surface area (Å²) in [6, 6.07) is 20.3. The molecule has 5 rings (SSSR count). The largest absolute Gasteiger partial charge is 0.213 e. The molecule has 0 amide bonds. The highest BCUT2D eigenvalue weighted by Crippen LogP contribution is 2.51. The van der Waals surface area contributed by atoms with E-state index >= 15 is 0 Å². The van der Waals surface area contributed by atoms with Crippen LogP contribution in [-0.4, -0.2) is 0 Å². The minimum atomic E-state index is -0.0141. The van der Waals surface area contributed by atoms with Gasteiger partial charge in [0, 0.05) is 34.7 Å². The molecule has 0 saturated heterocycles. The fourth-order valence-corrected chi connectivity index (χ4v) is 4.86. The number of aromatic nitrogens is 2. The molecule has 0 unspecified atom stereocenters. The Hall–Kier alpha value is -3.00. The average molecular weight is 381 g/mol. The molecule has 2 heterocycles. The Morgan fingerprint density at radius 3 is 2.28 bits per heavy atom. The van der Waals surface area contributed by atoms with Gasteiger partial charge in [-0.1, -0.05) is 38.1 Å². The fraction of sp³-hybridized carbons (Fsp3) is 0.259. The molecule has 29 heavy (non-hydrogen) atoms. The van der Waals surface area contributed by atoms with Gasteiger partial charge in [-0.15, -0.1) is 0 Å². The first-order chi connectivity index (χ1) is 14.0. The van der Waals surface area contributed by atoms with Gasteiger partial charge in [-0.05, 0) is 48.2 Å². The van der Waals surface area contributed by atoms with Gasteiger partial charge in [-0.2, -0.15) is 4.57 Å². The maximum absolute atomic E-state index is 2.41. The SMILES string of the molecule is CC[n+]1ccc(-c2ccc3c(c2)C(C)(C)c2c[n+](CC)c4ccccc4c2-3)cc1. The second-order valence-electron chi connectivity index (χ2n) is 8.52. The lowest BCUT2D eigenvalue weighted by molar-refractivity contribution is -0.693. The summed E-state index contributed by atoms with van der Waals surface area (Å²) in [5.41, 5.74) is 9.52. The molecule has 1 aliphatic rings. The average Bonchev–Trinajstić information content (AvgIpc) is 2.99. The van der Waals surface area contributed by atoms with Crippen LogP contribution in [0.4, 0.5) is 0 Å². The first-order valence-corrected chi connectivity index (χ1v) is 10.6. The standard InChI is InChI=1S/C27H28N2/c1-5-28-15-13-19(14-16-28)20-11-12-21-23(17-20)27(3,4)24-18-29(6-2)25-10-8-7-9-22(25)26(21)24/h7-18H,5-6H2,1-4H3/q+2. The molecular formula is C27H28N2+2. The summed E-state index contributed by atoms with van der Waals surface area (Å²) in [6.07, 6.45) is 6.71. The van der Waals surface area contributed by atoms with Gasteiger partial charge in [0.15, 0.2) is 18.6 Å². The molecule has 2 heteroatoms. The lowest BCUT2D eigenvalue weighted by atomic mass is 9.82. The zero-order valence-corrected chi connectivity index (χ0v) is 17.7. The quantitative estimate of drug-likeness (QED) is 0.419. The summed E-state index contributed by atoms with van der Waals surface area (Å²) < 4.78 is 4.59. The Morgan fingerprint density at radius 1 is 0.793 bits per heavy atom. The van der Waals surface area contributed by atoms with Crippen LogP contribution in [0.2, 0.25) is 0 Å². The van der Waals surface area contributed by atoms with Crippen LogP contribution in [0.25, 0.3) is 33.2 Å². The van der Waals surface area contributed by atoms with Gasteiger partial charge in [0.05, 0.1) is 5.39 Å². The normalized spacial score (nSPS) is 14.1. The van der Waals surface area contributed by atoms with E-state index in [-0.39, 0.29) is 5.41 Å².